The molecule has 0 bridgehead atoms. The van der Waals surface area contributed by atoms with Crippen LogP contribution in [0.15, 0.2) is 40.8 Å². The average Bonchev–Trinajstić information content (AvgIpc) is 2.69. The third-order valence-electron chi connectivity index (χ3n) is 2.67. The number of halogens is 1. The number of hydrogen-bond donors (Lipinski definition) is 1. The SMILES string of the molecule is CNC(c1ccc(Cl)o1)c1ccccc1C. The van der Waals surface area contributed by atoms with Crippen LogP contribution in [0.5, 0.6) is 0 Å². The Morgan fingerprint density at radius 3 is 2.50 bits per heavy atom. The highest BCUT2D eigenvalue weighted by atomic mass is 35.5. The van der Waals surface area contributed by atoms with Crippen molar-refractivity contribution in [3.8, 4) is 0 Å². The summed E-state index contributed by atoms with van der Waals surface area (Å²) in [6, 6.07) is 11.9. The zero-order chi connectivity index (χ0) is 11.5. The fraction of sp³-hybridized carbons (Fsp3) is 0.231. The molecule has 84 valence electrons. The zero-order valence-corrected chi connectivity index (χ0v) is 10.1. The zero-order valence-electron chi connectivity index (χ0n) is 9.33. The molecule has 0 amide bonds. The number of furan rings is 1. The standard InChI is InChI=1S/C13H14ClNO/c1-9-5-3-4-6-10(9)13(15-2)11-7-8-12(14)16-11/h3-8,13,15H,1-2H3. The molecule has 2 rings (SSSR count). The van der Waals surface area contributed by atoms with Crippen molar-refractivity contribution in [2.75, 3.05) is 7.05 Å². The lowest BCUT2D eigenvalue weighted by molar-refractivity contribution is 0.464. The van der Waals surface area contributed by atoms with Gasteiger partial charge >= 0.3 is 0 Å². The van der Waals surface area contributed by atoms with Crippen molar-refractivity contribution in [3.05, 3.63) is 58.5 Å². The molecule has 3 heteroatoms. The van der Waals surface area contributed by atoms with Gasteiger partial charge in [0, 0.05) is 0 Å². The number of benzene rings is 1. The van der Waals surface area contributed by atoms with Crippen molar-refractivity contribution in [3.63, 3.8) is 0 Å². The largest absolute Gasteiger partial charge is 0.448 e. The lowest BCUT2D eigenvalue weighted by atomic mass is 10.00. The maximum Gasteiger partial charge on any atom is 0.193 e. The van der Waals surface area contributed by atoms with E-state index >= 15 is 0 Å². The molecular formula is C13H14ClNO. The molecule has 1 unspecified atom stereocenters. The van der Waals surface area contributed by atoms with Gasteiger partial charge < -0.3 is 9.73 Å². The van der Waals surface area contributed by atoms with Crippen molar-refractivity contribution in [1.82, 2.24) is 5.32 Å². The van der Waals surface area contributed by atoms with E-state index in [1.54, 1.807) is 6.07 Å². The van der Waals surface area contributed by atoms with E-state index in [0.717, 1.165) is 5.76 Å². The van der Waals surface area contributed by atoms with Crippen molar-refractivity contribution in [1.29, 1.82) is 0 Å². The van der Waals surface area contributed by atoms with E-state index in [4.69, 9.17) is 16.0 Å². The summed E-state index contributed by atoms with van der Waals surface area (Å²) in [6.45, 7) is 2.09. The second-order valence-electron chi connectivity index (χ2n) is 3.72. The second-order valence-corrected chi connectivity index (χ2v) is 4.09. The lowest BCUT2D eigenvalue weighted by Crippen LogP contribution is -2.17. The number of hydrogen-bond acceptors (Lipinski definition) is 2. The minimum atomic E-state index is 0.0497. The first-order valence-corrected chi connectivity index (χ1v) is 5.58. The summed E-state index contributed by atoms with van der Waals surface area (Å²) >= 11 is 5.79. The first kappa shape index (κ1) is 11.2. The molecule has 16 heavy (non-hydrogen) atoms. The molecule has 0 aliphatic rings. The summed E-state index contributed by atoms with van der Waals surface area (Å²) in [5.74, 6) is 0.835. The highest BCUT2D eigenvalue weighted by molar-refractivity contribution is 6.28. The van der Waals surface area contributed by atoms with Crippen molar-refractivity contribution >= 4 is 11.6 Å². The van der Waals surface area contributed by atoms with E-state index in [-0.39, 0.29) is 6.04 Å². The number of aryl methyl sites for hydroxylation is 1. The summed E-state index contributed by atoms with van der Waals surface area (Å²) in [4.78, 5) is 0. The minimum absolute atomic E-state index is 0.0497. The van der Waals surface area contributed by atoms with Gasteiger partial charge in [-0.3, -0.25) is 0 Å². The van der Waals surface area contributed by atoms with Gasteiger partial charge in [0.25, 0.3) is 0 Å². The maximum atomic E-state index is 5.79. The third kappa shape index (κ3) is 2.13. The van der Waals surface area contributed by atoms with Gasteiger partial charge in [-0.05, 0) is 48.8 Å². The molecule has 0 radical (unpaired) electrons. The highest BCUT2D eigenvalue weighted by Crippen LogP contribution is 2.27. The Labute approximate surface area is 100 Å². The molecule has 2 nitrogen and oxygen atoms in total. The third-order valence-corrected chi connectivity index (χ3v) is 2.87. The first-order chi connectivity index (χ1) is 7.72. The molecule has 0 aliphatic carbocycles. The van der Waals surface area contributed by atoms with Gasteiger partial charge in [0.15, 0.2) is 5.22 Å². The van der Waals surface area contributed by atoms with E-state index < -0.39 is 0 Å². The fourth-order valence-corrected chi connectivity index (χ4v) is 2.00. The van der Waals surface area contributed by atoms with Gasteiger partial charge in [0.1, 0.15) is 5.76 Å². The molecule has 0 spiro atoms. The van der Waals surface area contributed by atoms with E-state index in [0.29, 0.717) is 5.22 Å². The van der Waals surface area contributed by atoms with Crippen LogP contribution < -0.4 is 5.32 Å². The maximum absolute atomic E-state index is 5.79. The van der Waals surface area contributed by atoms with Crippen molar-refractivity contribution < 1.29 is 4.42 Å². The van der Waals surface area contributed by atoms with Crippen LogP contribution in [0.3, 0.4) is 0 Å². The number of nitrogens with one attached hydrogen (secondary N) is 1. The Bertz CT molecular complexity index is 478. The monoisotopic (exact) mass is 235 g/mol. The summed E-state index contributed by atoms with van der Waals surface area (Å²) < 4.78 is 5.45. The molecule has 1 aromatic heterocycles. The van der Waals surface area contributed by atoms with Crippen LogP contribution >= 0.6 is 11.6 Å². The Morgan fingerprint density at radius 2 is 1.94 bits per heavy atom. The molecule has 1 aromatic carbocycles. The quantitative estimate of drug-likeness (QED) is 0.880. The normalized spacial score (nSPS) is 12.7. The van der Waals surface area contributed by atoms with Crippen LogP contribution in [0.4, 0.5) is 0 Å². The van der Waals surface area contributed by atoms with Crippen LogP contribution in [-0.2, 0) is 0 Å². The topological polar surface area (TPSA) is 25.2 Å². The highest BCUT2D eigenvalue weighted by Gasteiger charge is 2.17. The smallest absolute Gasteiger partial charge is 0.193 e. The van der Waals surface area contributed by atoms with Gasteiger partial charge in [-0.25, -0.2) is 0 Å². The van der Waals surface area contributed by atoms with Gasteiger partial charge in [0.05, 0.1) is 6.04 Å². The molecule has 0 saturated heterocycles. The molecule has 1 heterocycles. The molecule has 1 N–H and O–H groups in total. The molecule has 0 aliphatic heterocycles. The molecule has 2 aromatic rings. The van der Waals surface area contributed by atoms with Crippen LogP contribution in [0, 0.1) is 6.92 Å². The Kier molecular flexibility index (Phi) is 3.32. The van der Waals surface area contributed by atoms with Gasteiger partial charge in [-0.1, -0.05) is 24.3 Å². The van der Waals surface area contributed by atoms with Gasteiger partial charge in [-0.2, -0.15) is 0 Å². The molecule has 1 atom stereocenters. The summed E-state index contributed by atoms with van der Waals surface area (Å²) in [6.07, 6.45) is 0. The Balaban J connectivity index is 2.40. The van der Waals surface area contributed by atoms with Crippen LogP contribution in [0.25, 0.3) is 0 Å². The molecule has 0 saturated carbocycles. The van der Waals surface area contributed by atoms with E-state index in [9.17, 15) is 0 Å². The number of rotatable bonds is 3. The predicted octanol–water partition coefficient (Wildman–Crippen LogP) is 3.55. The lowest BCUT2D eigenvalue weighted by Gasteiger charge is -2.16. The first-order valence-electron chi connectivity index (χ1n) is 5.20. The molecular weight excluding hydrogens is 222 g/mol. The molecule has 0 fully saturated rings. The van der Waals surface area contributed by atoms with Crippen molar-refractivity contribution in [2.24, 2.45) is 0 Å². The van der Waals surface area contributed by atoms with Crippen LogP contribution in [0.2, 0.25) is 5.22 Å². The Morgan fingerprint density at radius 1 is 1.19 bits per heavy atom. The minimum Gasteiger partial charge on any atom is -0.448 e. The summed E-state index contributed by atoms with van der Waals surface area (Å²) in [5, 5.41) is 3.66. The summed E-state index contributed by atoms with van der Waals surface area (Å²) in [7, 11) is 1.91. The van der Waals surface area contributed by atoms with Gasteiger partial charge in [0.2, 0.25) is 0 Å². The summed E-state index contributed by atoms with van der Waals surface area (Å²) in [5.41, 5.74) is 2.44. The van der Waals surface area contributed by atoms with E-state index in [1.165, 1.54) is 11.1 Å². The average molecular weight is 236 g/mol. The predicted molar refractivity (Wildman–Crippen MR) is 65.8 cm³/mol. The van der Waals surface area contributed by atoms with Crippen LogP contribution in [-0.4, -0.2) is 7.05 Å². The second kappa shape index (κ2) is 4.73. The van der Waals surface area contributed by atoms with Crippen LogP contribution in [0.1, 0.15) is 22.9 Å². The van der Waals surface area contributed by atoms with E-state index in [1.807, 2.05) is 25.2 Å². The van der Waals surface area contributed by atoms with Gasteiger partial charge in [-0.15, -0.1) is 0 Å². The van der Waals surface area contributed by atoms with Crippen molar-refractivity contribution in [2.45, 2.75) is 13.0 Å². The van der Waals surface area contributed by atoms with E-state index in [2.05, 4.69) is 24.4 Å². The Hall–Kier alpha value is -1.25. The fourth-order valence-electron chi connectivity index (χ4n) is 1.85.